The van der Waals surface area contributed by atoms with Crippen LogP contribution in [0.25, 0.3) is 11.3 Å². The summed E-state index contributed by atoms with van der Waals surface area (Å²) in [6, 6.07) is 23.6. The zero-order valence-corrected chi connectivity index (χ0v) is 19.5. The summed E-state index contributed by atoms with van der Waals surface area (Å²) in [5.74, 6) is 1.13. The van der Waals surface area contributed by atoms with Gasteiger partial charge in [-0.15, -0.1) is 0 Å². The van der Waals surface area contributed by atoms with E-state index in [9.17, 15) is 14.3 Å². The number of amides is 1. The highest BCUT2D eigenvalue weighted by molar-refractivity contribution is 5.79. The minimum atomic E-state index is -0.848. The number of aliphatic hydroxyl groups excluding tert-OH is 1. The van der Waals surface area contributed by atoms with E-state index in [1.807, 2.05) is 61.5 Å². The quantitative estimate of drug-likeness (QED) is 0.406. The van der Waals surface area contributed by atoms with Crippen LogP contribution in [0, 0.1) is 12.7 Å². The summed E-state index contributed by atoms with van der Waals surface area (Å²) in [6.45, 7) is 3.44. The zero-order valence-electron chi connectivity index (χ0n) is 19.5. The lowest BCUT2D eigenvalue weighted by Crippen LogP contribution is -2.39. The fraction of sp³-hybridized carbons (Fsp3) is 0.214. The molecule has 0 bridgehead atoms. The van der Waals surface area contributed by atoms with Gasteiger partial charge in [0.1, 0.15) is 23.2 Å². The first-order chi connectivity index (χ1) is 17.0. The van der Waals surface area contributed by atoms with E-state index in [-0.39, 0.29) is 18.1 Å². The van der Waals surface area contributed by atoms with E-state index < -0.39 is 6.10 Å². The van der Waals surface area contributed by atoms with Crippen molar-refractivity contribution in [2.24, 2.45) is 0 Å². The van der Waals surface area contributed by atoms with E-state index in [0.29, 0.717) is 25.3 Å². The molecule has 1 aromatic heterocycles. The topological polar surface area (TPSA) is 70.4 Å². The Morgan fingerprint density at radius 2 is 1.74 bits per heavy atom. The van der Waals surface area contributed by atoms with Crippen LogP contribution < -0.4 is 5.32 Å². The molecule has 0 spiro atoms. The standard InChI is InChI=1S/C28H27FN4O2/c1-19-7-13-23(14-8-19)30-28-27(21-9-11-22(29)12-10-21)31-25-18-32(15-16-33(25)28)26(35)17-24(34)20-5-3-2-4-6-20/h2-14,24,30,34H,15-18H2,1H3/t24-/m0/s1. The van der Waals surface area contributed by atoms with Gasteiger partial charge in [-0.1, -0.05) is 48.0 Å². The summed E-state index contributed by atoms with van der Waals surface area (Å²) in [5.41, 5.74) is 4.31. The third kappa shape index (κ3) is 4.95. The van der Waals surface area contributed by atoms with E-state index >= 15 is 0 Å². The van der Waals surface area contributed by atoms with Gasteiger partial charge in [0.25, 0.3) is 0 Å². The Bertz CT molecular complexity index is 1320. The number of carbonyl (C=O) groups is 1. The number of rotatable bonds is 6. The van der Waals surface area contributed by atoms with E-state index in [0.717, 1.165) is 34.0 Å². The summed E-state index contributed by atoms with van der Waals surface area (Å²) in [4.78, 5) is 19.6. The molecule has 35 heavy (non-hydrogen) atoms. The number of halogens is 1. The fourth-order valence-corrected chi connectivity index (χ4v) is 4.34. The lowest BCUT2D eigenvalue weighted by molar-refractivity contribution is -0.134. The van der Waals surface area contributed by atoms with Crippen LogP contribution in [0.4, 0.5) is 15.9 Å². The Morgan fingerprint density at radius 3 is 2.46 bits per heavy atom. The van der Waals surface area contributed by atoms with E-state index in [2.05, 4.69) is 9.88 Å². The van der Waals surface area contributed by atoms with Gasteiger partial charge in [-0.25, -0.2) is 9.37 Å². The van der Waals surface area contributed by atoms with Crippen LogP contribution in [0.3, 0.4) is 0 Å². The van der Waals surface area contributed by atoms with Crippen molar-refractivity contribution in [1.29, 1.82) is 0 Å². The van der Waals surface area contributed by atoms with Gasteiger partial charge in [0.05, 0.1) is 19.1 Å². The van der Waals surface area contributed by atoms with Crippen LogP contribution >= 0.6 is 0 Å². The Hall–Kier alpha value is -3.97. The number of hydrogen-bond acceptors (Lipinski definition) is 4. The summed E-state index contributed by atoms with van der Waals surface area (Å²) < 4.78 is 15.7. The van der Waals surface area contributed by atoms with Crippen LogP contribution in [0.5, 0.6) is 0 Å². The minimum absolute atomic E-state index is 0.0179. The molecular formula is C28H27FN4O2. The van der Waals surface area contributed by atoms with Gasteiger partial charge in [-0.05, 0) is 48.9 Å². The Labute approximate surface area is 203 Å². The molecule has 1 aliphatic heterocycles. The van der Waals surface area contributed by atoms with Crippen LogP contribution in [0.2, 0.25) is 0 Å². The molecule has 0 unspecified atom stereocenters. The molecule has 5 rings (SSSR count). The van der Waals surface area contributed by atoms with Crippen molar-refractivity contribution in [2.45, 2.75) is 32.5 Å². The minimum Gasteiger partial charge on any atom is -0.388 e. The zero-order chi connectivity index (χ0) is 24.4. The average Bonchev–Trinajstić information content (AvgIpc) is 3.23. The SMILES string of the molecule is Cc1ccc(Nc2c(-c3ccc(F)cc3)nc3n2CCN(C(=O)C[C@H](O)c2ccccc2)C3)cc1. The number of imidazole rings is 1. The fourth-order valence-electron chi connectivity index (χ4n) is 4.34. The number of aromatic nitrogens is 2. The second-order valence-electron chi connectivity index (χ2n) is 8.82. The number of anilines is 2. The van der Waals surface area contributed by atoms with Crippen molar-refractivity contribution in [3.05, 3.63) is 102 Å². The number of nitrogens with zero attached hydrogens (tertiary/aromatic N) is 3. The highest BCUT2D eigenvalue weighted by Gasteiger charge is 2.28. The van der Waals surface area contributed by atoms with Crippen LogP contribution in [0.15, 0.2) is 78.9 Å². The van der Waals surface area contributed by atoms with Crippen molar-refractivity contribution in [3.8, 4) is 11.3 Å². The van der Waals surface area contributed by atoms with Gasteiger partial charge in [-0.3, -0.25) is 4.79 Å². The van der Waals surface area contributed by atoms with Gasteiger partial charge < -0.3 is 19.9 Å². The number of aryl methyl sites for hydroxylation is 1. The molecule has 2 heterocycles. The highest BCUT2D eigenvalue weighted by atomic mass is 19.1. The Morgan fingerprint density at radius 1 is 1.03 bits per heavy atom. The molecule has 1 amide bonds. The van der Waals surface area contributed by atoms with Gasteiger partial charge in [0.2, 0.25) is 5.91 Å². The number of carbonyl (C=O) groups excluding carboxylic acids is 1. The molecule has 0 saturated heterocycles. The van der Waals surface area contributed by atoms with Crippen LogP contribution in [-0.2, 0) is 17.9 Å². The maximum atomic E-state index is 13.6. The van der Waals surface area contributed by atoms with Gasteiger partial charge in [0.15, 0.2) is 0 Å². The average molecular weight is 471 g/mol. The van der Waals surface area contributed by atoms with Gasteiger partial charge >= 0.3 is 0 Å². The normalized spacial score (nSPS) is 13.9. The van der Waals surface area contributed by atoms with Crippen molar-refractivity contribution in [2.75, 3.05) is 11.9 Å². The maximum absolute atomic E-state index is 13.6. The second-order valence-corrected chi connectivity index (χ2v) is 8.82. The predicted octanol–water partition coefficient (Wildman–Crippen LogP) is 5.21. The summed E-state index contributed by atoms with van der Waals surface area (Å²) in [5, 5.41) is 14.0. The largest absolute Gasteiger partial charge is 0.388 e. The monoisotopic (exact) mass is 470 g/mol. The summed E-state index contributed by atoms with van der Waals surface area (Å²) in [6.07, 6.45) is -0.830. The molecule has 4 aromatic rings. The maximum Gasteiger partial charge on any atom is 0.225 e. The third-order valence-corrected chi connectivity index (χ3v) is 6.31. The molecule has 1 atom stereocenters. The first-order valence-corrected chi connectivity index (χ1v) is 11.7. The molecule has 0 saturated carbocycles. The van der Waals surface area contributed by atoms with Crippen molar-refractivity contribution in [1.82, 2.24) is 14.5 Å². The number of fused-ring (bicyclic) bond motifs is 1. The summed E-state index contributed by atoms with van der Waals surface area (Å²) >= 11 is 0. The van der Waals surface area contributed by atoms with E-state index in [1.165, 1.54) is 12.1 Å². The molecule has 0 radical (unpaired) electrons. The number of benzene rings is 3. The second kappa shape index (κ2) is 9.72. The Balaban J connectivity index is 1.41. The molecule has 2 N–H and O–H groups in total. The van der Waals surface area contributed by atoms with Gasteiger partial charge in [0, 0.05) is 24.3 Å². The molecule has 1 aliphatic rings. The van der Waals surface area contributed by atoms with Crippen LogP contribution in [-0.4, -0.2) is 32.0 Å². The summed E-state index contributed by atoms with van der Waals surface area (Å²) in [7, 11) is 0. The Kier molecular flexibility index (Phi) is 6.33. The first kappa shape index (κ1) is 22.8. The van der Waals surface area contributed by atoms with Crippen molar-refractivity contribution >= 4 is 17.4 Å². The first-order valence-electron chi connectivity index (χ1n) is 11.7. The highest BCUT2D eigenvalue weighted by Crippen LogP contribution is 2.33. The van der Waals surface area contributed by atoms with Crippen LogP contribution in [0.1, 0.15) is 29.5 Å². The molecule has 6 nitrogen and oxygen atoms in total. The van der Waals surface area contributed by atoms with E-state index in [1.54, 1.807) is 17.0 Å². The lowest BCUT2D eigenvalue weighted by atomic mass is 10.1. The lowest BCUT2D eigenvalue weighted by Gasteiger charge is -2.29. The molecular weight excluding hydrogens is 443 g/mol. The van der Waals surface area contributed by atoms with Crippen molar-refractivity contribution < 1.29 is 14.3 Å². The van der Waals surface area contributed by atoms with Crippen molar-refractivity contribution in [3.63, 3.8) is 0 Å². The predicted molar refractivity (Wildman–Crippen MR) is 134 cm³/mol. The molecule has 178 valence electrons. The molecule has 0 fully saturated rings. The van der Waals surface area contributed by atoms with Gasteiger partial charge in [-0.2, -0.15) is 0 Å². The molecule has 0 aliphatic carbocycles. The molecule has 3 aromatic carbocycles. The number of nitrogens with one attached hydrogen (secondary N) is 1. The number of aliphatic hydroxyl groups is 1. The smallest absolute Gasteiger partial charge is 0.225 e. The third-order valence-electron chi connectivity index (χ3n) is 6.31. The number of hydrogen-bond donors (Lipinski definition) is 2. The van der Waals surface area contributed by atoms with E-state index in [4.69, 9.17) is 4.98 Å². The molecule has 7 heteroatoms.